The smallest absolute Gasteiger partial charge is 0.309 e. The molecule has 20 heavy (non-hydrogen) atoms. The molecule has 0 aromatic carbocycles. The molecular formula is C15H24O5. The predicted octanol–water partition coefficient (Wildman–Crippen LogP) is 2.27. The van der Waals surface area contributed by atoms with Crippen molar-refractivity contribution in [2.45, 2.75) is 52.4 Å². The normalized spacial score (nSPS) is 20.3. The molecule has 114 valence electrons. The van der Waals surface area contributed by atoms with Crippen molar-refractivity contribution >= 4 is 17.7 Å². The highest BCUT2D eigenvalue weighted by Crippen LogP contribution is 2.32. The standard InChI is InChI=1S/C15H24O5/c1-3-19-14(17)9-8-13(15(18)20-4-2)11-6-5-7-12(16)10-11/h11,13H,3-10H2,1-2H3. The maximum absolute atomic E-state index is 12.0. The van der Waals surface area contributed by atoms with E-state index >= 15 is 0 Å². The first kappa shape index (κ1) is 16.7. The molecule has 0 heterocycles. The fourth-order valence-electron chi connectivity index (χ4n) is 2.70. The fourth-order valence-corrected chi connectivity index (χ4v) is 2.70. The largest absolute Gasteiger partial charge is 0.466 e. The van der Waals surface area contributed by atoms with Crippen molar-refractivity contribution < 1.29 is 23.9 Å². The Labute approximate surface area is 120 Å². The molecule has 0 saturated heterocycles. The third-order valence-corrected chi connectivity index (χ3v) is 3.64. The van der Waals surface area contributed by atoms with Crippen molar-refractivity contribution in [2.75, 3.05) is 13.2 Å². The highest BCUT2D eigenvalue weighted by Gasteiger charge is 2.33. The highest BCUT2D eigenvalue weighted by molar-refractivity contribution is 5.81. The van der Waals surface area contributed by atoms with Gasteiger partial charge in [-0.05, 0) is 39.0 Å². The molecule has 2 atom stereocenters. The minimum Gasteiger partial charge on any atom is -0.466 e. The first-order chi connectivity index (χ1) is 9.58. The van der Waals surface area contributed by atoms with Crippen LogP contribution in [0.5, 0.6) is 0 Å². The molecule has 5 heteroatoms. The Morgan fingerprint density at radius 2 is 1.95 bits per heavy atom. The van der Waals surface area contributed by atoms with E-state index in [4.69, 9.17) is 9.47 Å². The molecule has 2 unspecified atom stereocenters. The van der Waals surface area contributed by atoms with Gasteiger partial charge >= 0.3 is 11.9 Å². The second kappa shape index (κ2) is 8.72. The molecule has 0 bridgehead atoms. The quantitative estimate of drug-likeness (QED) is 0.671. The highest BCUT2D eigenvalue weighted by atomic mass is 16.5. The van der Waals surface area contributed by atoms with Crippen LogP contribution in [-0.2, 0) is 23.9 Å². The lowest BCUT2D eigenvalue weighted by molar-refractivity contribution is -0.152. The van der Waals surface area contributed by atoms with Gasteiger partial charge in [0.2, 0.25) is 0 Å². The lowest BCUT2D eigenvalue weighted by Gasteiger charge is -2.27. The van der Waals surface area contributed by atoms with Crippen molar-refractivity contribution in [1.29, 1.82) is 0 Å². The van der Waals surface area contributed by atoms with Crippen molar-refractivity contribution in [1.82, 2.24) is 0 Å². The summed E-state index contributed by atoms with van der Waals surface area (Å²) in [5.41, 5.74) is 0. The lowest BCUT2D eigenvalue weighted by Crippen LogP contribution is -2.30. The van der Waals surface area contributed by atoms with E-state index in [1.165, 1.54) is 0 Å². The zero-order chi connectivity index (χ0) is 15.0. The third-order valence-electron chi connectivity index (χ3n) is 3.64. The molecule has 1 fully saturated rings. The summed E-state index contributed by atoms with van der Waals surface area (Å²) in [6.07, 6.45) is 3.28. The van der Waals surface area contributed by atoms with Gasteiger partial charge in [0.05, 0.1) is 19.1 Å². The van der Waals surface area contributed by atoms with E-state index in [1.807, 2.05) is 0 Å². The number of ketones is 1. The summed E-state index contributed by atoms with van der Waals surface area (Å²) in [4.78, 5) is 35.0. The van der Waals surface area contributed by atoms with Crippen LogP contribution in [0.25, 0.3) is 0 Å². The molecule has 1 aliphatic rings. The van der Waals surface area contributed by atoms with Crippen LogP contribution in [0.2, 0.25) is 0 Å². The Morgan fingerprint density at radius 3 is 2.55 bits per heavy atom. The van der Waals surface area contributed by atoms with E-state index in [1.54, 1.807) is 13.8 Å². The average molecular weight is 284 g/mol. The number of ether oxygens (including phenoxy) is 2. The number of carbonyl (C=O) groups excluding carboxylic acids is 3. The molecule has 0 amide bonds. The Balaban J connectivity index is 2.61. The van der Waals surface area contributed by atoms with Gasteiger partial charge in [-0.25, -0.2) is 0 Å². The molecular weight excluding hydrogens is 260 g/mol. The van der Waals surface area contributed by atoms with E-state index in [0.717, 1.165) is 12.8 Å². The van der Waals surface area contributed by atoms with Gasteiger partial charge in [-0.3, -0.25) is 14.4 Å². The van der Waals surface area contributed by atoms with Crippen molar-refractivity contribution in [3.05, 3.63) is 0 Å². The van der Waals surface area contributed by atoms with Gasteiger partial charge in [0.25, 0.3) is 0 Å². The Kier molecular flexibility index (Phi) is 7.26. The maximum Gasteiger partial charge on any atom is 0.309 e. The van der Waals surface area contributed by atoms with E-state index in [0.29, 0.717) is 32.5 Å². The molecule has 1 rings (SSSR count). The zero-order valence-corrected chi connectivity index (χ0v) is 12.4. The molecule has 0 spiro atoms. The summed E-state index contributed by atoms with van der Waals surface area (Å²) in [6.45, 7) is 4.16. The minimum atomic E-state index is -0.372. The van der Waals surface area contributed by atoms with E-state index in [2.05, 4.69) is 0 Å². The number of esters is 2. The Bertz CT molecular complexity index is 350. The predicted molar refractivity (Wildman–Crippen MR) is 73.0 cm³/mol. The van der Waals surface area contributed by atoms with Gasteiger partial charge in [-0.2, -0.15) is 0 Å². The van der Waals surface area contributed by atoms with E-state index < -0.39 is 0 Å². The third kappa shape index (κ3) is 5.31. The fraction of sp³-hybridized carbons (Fsp3) is 0.800. The zero-order valence-electron chi connectivity index (χ0n) is 12.4. The van der Waals surface area contributed by atoms with Crippen molar-refractivity contribution in [3.8, 4) is 0 Å². The van der Waals surface area contributed by atoms with E-state index in [-0.39, 0.29) is 36.0 Å². The van der Waals surface area contributed by atoms with Crippen LogP contribution in [0.4, 0.5) is 0 Å². The molecule has 0 aromatic heterocycles. The van der Waals surface area contributed by atoms with Crippen LogP contribution in [0.15, 0.2) is 0 Å². The second-order valence-corrected chi connectivity index (χ2v) is 5.10. The summed E-state index contributed by atoms with van der Waals surface area (Å²) in [7, 11) is 0. The average Bonchev–Trinajstić information content (AvgIpc) is 2.39. The van der Waals surface area contributed by atoms with Crippen molar-refractivity contribution in [3.63, 3.8) is 0 Å². The monoisotopic (exact) mass is 284 g/mol. The maximum atomic E-state index is 12.0. The molecule has 0 aromatic rings. The number of Topliss-reactive ketones (excluding diaryl/α,β-unsaturated/α-hetero) is 1. The molecule has 0 radical (unpaired) electrons. The first-order valence-corrected chi connectivity index (χ1v) is 7.42. The minimum absolute atomic E-state index is 0.00438. The Hall–Kier alpha value is -1.39. The topological polar surface area (TPSA) is 69.7 Å². The molecule has 1 saturated carbocycles. The summed E-state index contributed by atoms with van der Waals surface area (Å²) >= 11 is 0. The van der Waals surface area contributed by atoms with Crippen LogP contribution in [-0.4, -0.2) is 30.9 Å². The Morgan fingerprint density at radius 1 is 1.25 bits per heavy atom. The summed E-state index contributed by atoms with van der Waals surface area (Å²) in [5.74, 6) is -0.763. The number of hydrogen-bond acceptors (Lipinski definition) is 5. The van der Waals surface area contributed by atoms with Gasteiger partial charge in [0.15, 0.2) is 0 Å². The van der Waals surface area contributed by atoms with Crippen LogP contribution < -0.4 is 0 Å². The van der Waals surface area contributed by atoms with Gasteiger partial charge in [0, 0.05) is 19.3 Å². The van der Waals surface area contributed by atoms with Gasteiger partial charge in [-0.15, -0.1) is 0 Å². The van der Waals surface area contributed by atoms with Crippen molar-refractivity contribution in [2.24, 2.45) is 11.8 Å². The second-order valence-electron chi connectivity index (χ2n) is 5.10. The van der Waals surface area contributed by atoms with Crippen LogP contribution in [0.3, 0.4) is 0 Å². The summed E-state index contributed by atoms with van der Waals surface area (Å²) in [6, 6.07) is 0. The van der Waals surface area contributed by atoms with Crippen LogP contribution in [0, 0.1) is 11.8 Å². The first-order valence-electron chi connectivity index (χ1n) is 7.42. The van der Waals surface area contributed by atoms with Gasteiger partial charge in [-0.1, -0.05) is 0 Å². The summed E-state index contributed by atoms with van der Waals surface area (Å²) < 4.78 is 9.96. The lowest BCUT2D eigenvalue weighted by atomic mass is 9.77. The molecule has 0 aliphatic heterocycles. The molecule has 1 aliphatic carbocycles. The molecule has 5 nitrogen and oxygen atoms in total. The van der Waals surface area contributed by atoms with Crippen LogP contribution in [0.1, 0.15) is 52.4 Å². The van der Waals surface area contributed by atoms with Gasteiger partial charge in [0.1, 0.15) is 5.78 Å². The number of carbonyl (C=O) groups is 3. The molecule has 0 N–H and O–H groups in total. The van der Waals surface area contributed by atoms with Gasteiger partial charge < -0.3 is 9.47 Å². The van der Waals surface area contributed by atoms with Crippen LogP contribution >= 0.6 is 0 Å². The number of rotatable bonds is 7. The van der Waals surface area contributed by atoms with E-state index in [9.17, 15) is 14.4 Å². The SMILES string of the molecule is CCOC(=O)CCC(C(=O)OCC)C1CCCC(=O)C1. The number of hydrogen-bond donors (Lipinski definition) is 0. The summed E-state index contributed by atoms with van der Waals surface area (Å²) in [5, 5.41) is 0.